The smallest absolute Gasteiger partial charge is 0.253 e. The molecule has 0 heterocycles. The number of nitriles is 1. The molecule has 5 nitrogen and oxygen atoms in total. The number of nitrogens with zero attached hydrogens (tertiary/aromatic N) is 2. The van der Waals surface area contributed by atoms with E-state index in [2.05, 4.69) is 11.4 Å². The van der Waals surface area contributed by atoms with Crippen molar-refractivity contribution in [1.82, 2.24) is 4.90 Å². The highest BCUT2D eigenvalue weighted by Gasteiger charge is 2.09. The summed E-state index contributed by atoms with van der Waals surface area (Å²) in [7, 11) is 3.42. The van der Waals surface area contributed by atoms with E-state index < -0.39 is 0 Å². The molecule has 0 saturated heterocycles. The fourth-order valence-electron chi connectivity index (χ4n) is 2.29. The molecule has 0 atom stereocenters. The van der Waals surface area contributed by atoms with Gasteiger partial charge in [0, 0.05) is 37.5 Å². The van der Waals surface area contributed by atoms with Crippen LogP contribution in [0.1, 0.15) is 38.8 Å². The lowest BCUT2D eigenvalue weighted by atomic mass is 10.1. The lowest BCUT2D eigenvalue weighted by molar-refractivity contribution is 0.0827. The van der Waals surface area contributed by atoms with E-state index in [1.54, 1.807) is 44.4 Å². The SMILES string of the molecule is CC(=O)c1ccc(C#N)cc1NCc1ccc(C(=O)N(C)C)cc1. The van der Waals surface area contributed by atoms with Crippen LogP contribution in [0.4, 0.5) is 5.69 Å². The van der Waals surface area contributed by atoms with Crippen molar-refractivity contribution < 1.29 is 9.59 Å². The fraction of sp³-hybridized carbons (Fsp3) is 0.211. The zero-order chi connectivity index (χ0) is 17.7. The Balaban J connectivity index is 2.15. The maximum Gasteiger partial charge on any atom is 0.253 e. The quantitative estimate of drug-likeness (QED) is 0.859. The topological polar surface area (TPSA) is 73.2 Å². The Labute approximate surface area is 141 Å². The van der Waals surface area contributed by atoms with E-state index in [-0.39, 0.29) is 11.7 Å². The van der Waals surface area contributed by atoms with Gasteiger partial charge in [0.25, 0.3) is 5.91 Å². The van der Waals surface area contributed by atoms with Crippen molar-refractivity contribution in [3.63, 3.8) is 0 Å². The van der Waals surface area contributed by atoms with Gasteiger partial charge in [-0.2, -0.15) is 5.26 Å². The lowest BCUT2D eigenvalue weighted by Gasteiger charge is -2.12. The Morgan fingerprint density at radius 2 is 1.79 bits per heavy atom. The van der Waals surface area contributed by atoms with Crippen molar-refractivity contribution in [2.45, 2.75) is 13.5 Å². The molecule has 2 aromatic carbocycles. The van der Waals surface area contributed by atoms with Crippen molar-refractivity contribution in [2.75, 3.05) is 19.4 Å². The average molecular weight is 321 g/mol. The van der Waals surface area contributed by atoms with Crippen LogP contribution in [-0.4, -0.2) is 30.7 Å². The first kappa shape index (κ1) is 17.2. The van der Waals surface area contributed by atoms with E-state index in [0.29, 0.717) is 28.9 Å². The van der Waals surface area contributed by atoms with Crippen LogP contribution in [0.15, 0.2) is 42.5 Å². The van der Waals surface area contributed by atoms with Crippen LogP contribution in [0.3, 0.4) is 0 Å². The van der Waals surface area contributed by atoms with Gasteiger partial charge in [0.2, 0.25) is 0 Å². The standard InChI is InChI=1S/C19H19N3O2/c1-13(23)17-9-6-15(11-20)10-18(17)21-12-14-4-7-16(8-5-14)19(24)22(2)3/h4-10,21H,12H2,1-3H3. The minimum absolute atomic E-state index is 0.0462. The second kappa shape index (κ2) is 7.42. The number of rotatable bonds is 5. The van der Waals surface area contributed by atoms with Crippen molar-refractivity contribution >= 4 is 17.4 Å². The van der Waals surface area contributed by atoms with Gasteiger partial charge >= 0.3 is 0 Å². The molecule has 0 aliphatic heterocycles. The molecular formula is C19H19N3O2. The summed E-state index contributed by atoms with van der Waals surface area (Å²) in [6.07, 6.45) is 0. The zero-order valence-electron chi connectivity index (χ0n) is 14.0. The molecular weight excluding hydrogens is 302 g/mol. The Bertz CT molecular complexity index is 802. The highest BCUT2D eigenvalue weighted by atomic mass is 16.2. The zero-order valence-corrected chi connectivity index (χ0v) is 14.0. The summed E-state index contributed by atoms with van der Waals surface area (Å²) < 4.78 is 0. The van der Waals surface area contributed by atoms with Crippen LogP contribution < -0.4 is 5.32 Å². The molecule has 2 rings (SSSR count). The Hall–Kier alpha value is -3.13. The number of hydrogen-bond donors (Lipinski definition) is 1. The number of anilines is 1. The van der Waals surface area contributed by atoms with Gasteiger partial charge in [-0.15, -0.1) is 0 Å². The van der Waals surface area contributed by atoms with E-state index in [9.17, 15) is 9.59 Å². The fourth-order valence-corrected chi connectivity index (χ4v) is 2.29. The van der Waals surface area contributed by atoms with E-state index >= 15 is 0 Å². The minimum atomic E-state index is -0.0612. The summed E-state index contributed by atoms with van der Waals surface area (Å²) >= 11 is 0. The molecule has 122 valence electrons. The molecule has 0 bridgehead atoms. The van der Waals surface area contributed by atoms with Gasteiger partial charge in [-0.25, -0.2) is 0 Å². The molecule has 0 spiro atoms. The highest BCUT2D eigenvalue weighted by Crippen LogP contribution is 2.19. The Morgan fingerprint density at radius 3 is 2.33 bits per heavy atom. The van der Waals surface area contributed by atoms with Crippen LogP contribution in [0, 0.1) is 11.3 Å². The first-order chi connectivity index (χ1) is 11.4. The molecule has 2 aromatic rings. The first-order valence-corrected chi connectivity index (χ1v) is 7.52. The van der Waals surface area contributed by atoms with E-state index in [1.165, 1.54) is 11.8 Å². The third-order valence-electron chi connectivity index (χ3n) is 3.62. The second-order valence-corrected chi connectivity index (χ2v) is 5.68. The number of carbonyl (C=O) groups excluding carboxylic acids is 2. The maximum atomic E-state index is 11.9. The number of nitrogens with one attached hydrogen (secondary N) is 1. The number of hydrogen-bond acceptors (Lipinski definition) is 4. The van der Waals surface area contributed by atoms with Gasteiger partial charge in [0.15, 0.2) is 5.78 Å². The summed E-state index contributed by atoms with van der Waals surface area (Å²) in [6, 6.07) is 14.3. The number of ketones is 1. The molecule has 24 heavy (non-hydrogen) atoms. The predicted octanol–water partition coefficient (Wildman–Crippen LogP) is 3.07. The molecule has 5 heteroatoms. The van der Waals surface area contributed by atoms with E-state index in [0.717, 1.165) is 5.56 Å². The first-order valence-electron chi connectivity index (χ1n) is 7.52. The summed E-state index contributed by atoms with van der Waals surface area (Å²) in [5.41, 5.74) is 3.28. The summed E-state index contributed by atoms with van der Waals surface area (Å²) in [6.45, 7) is 1.99. The van der Waals surface area contributed by atoms with Gasteiger partial charge in [0.05, 0.1) is 11.6 Å². The molecule has 0 radical (unpaired) electrons. The normalized spacial score (nSPS) is 9.92. The van der Waals surface area contributed by atoms with Crippen LogP contribution in [-0.2, 0) is 6.54 Å². The van der Waals surface area contributed by atoms with Crippen molar-refractivity contribution in [3.05, 3.63) is 64.7 Å². The van der Waals surface area contributed by atoms with Crippen molar-refractivity contribution in [3.8, 4) is 6.07 Å². The van der Waals surface area contributed by atoms with Crippen LogP contribution in [0.25, 0.3) is 0 Å². The lowest BCUT2D eigenvalue weighted by Crippen LogP contribution is -2.21. The van der Waals surface area contributed by atoms with Crippen LogP contribution in [0.5, 0.6) is 0 Å². The maximum absolute atomic E-state index is 11.9. The minimum Gasteiger partial charge on any atom is -0.380 e. The Kier molecular flexibility index (Phi) is 5.33. The highest BCUT2D eigenvalue weighted by molar-refractivity contribution is 5.99. The number of benzene rings is 2. The molecule has 1 amide bonds. The number of carbonyl (C=O) groups is 2. The molecule has 1 N–H and O–H groups in total. The van der Waals surface area contributed by atoms with Crippen LogP contribution >= 0.6 is 0 Å². The largest absolute Gasteiger partial charge is 0.380 e. The third kappa shape index (κ3) is 3.99. The van der Waals surface area contributed by atoms with Crippen molar-refractivity contribution in [2.24, 2.45) is 0 Å². The monoisotopic (exact) mass is 321 g/mol. The van der Waals surface area contributed by atoms with Crippen molar-refractivity contribution in [1.29, 1.82) is 5.26 Å². The van der Waals surface area contributed by atoms with E-state index in [1.807, 2.05) is 12.1 Å². The average Bonchev–Trinajstić information content (AvgIpc) is 2.59. The van der Waals surface area contributed by atoms with E-state index in [4.69, 9.17) is 5.26 Å². The molecule has 0 aliphatic carbocycles. The summed E-state index contributed by atoms with van der Waals surface area (Å²) in [4.78, 5) is 25.1. The summed E-state index contributed by atoms with van der Waals surface area (Å²) in [5.74, 6) is -0.107. The molecule has 0 fully saturated rings. The predicted molar refractivity (Wildman–Crippen MR) is 92.9 cm³/mol. The van der Waals surface area contributed by atoms with Gasteiger partial charge in [0.1, 0.15) is 0 Å². The number of amides is 1. The molecule has 0 saturated carbocycles. The van der Waals surface area contributed by atoms with Crippen LogP contribution in [0.2, 0.25) is 0 Å². The van der Waals surface area contributed by atoms with Gasteiger partial charge in [-0.3, -0.25) is 9.59 Å². The molecule has 0 unspecified atom stereocenters. The Morgan fingerprint density at radius 1 is 1.12 bits per heavy atom. The van der Waals surface area contributed by atoms with Gasteiger partial charge < -0.3 is 10.2 Å². The van der Waals surface area contributed by atoms with Gasteiger partial charge in [-0.1, -0.05) is 12.1 Å². The van der Waals surface area contributed by atoms with Gasteiger partial charge in [-0.05, 0) is 42.8 Å². The number of Topliss-reactive ketones (excluding diaryl/α,β-unsaturated/α-hetero) is 1. The molecule has 0 aromatic heterocycles. The molecule has 0 aliphatic rings. The summed E-state index contributed by atoms with van der Waals surface area (Å²) in [5, 5.41) is 12.2. The second-order valence-electron chi connectivity index (χ2n) is 5.68. The third-order valence-corrected chi connectivity index (χ3v) is 3.62.